The van der Waals surface area contributed by atoms with Crippen molar-refractivity contribution in [3.05, 3.63) is 271 Å². The molecular formula is C48H48Co4N10O20+2. The van der Waals surface area contributed by atoms with E-state index in [2.05, 4.69) is 39.9 Å². The zero-order chi connectivity index (χ0) is 57.2. The number of pyridine rings is 8. The van der Waals surface area contributed by atoms with Crippen LogP contribution in [0.4, 0.5) is 0 Å². The van der Waals surface area contributed by atoms with Crippen LogP contribution in [0.25, 0.3) is 0 Å². The molecule has 4 radical (unpaired) electrons. The molecule has 444 valence electrons. The van der Waals surface area contributed by atoms with Gasteiger partial charge in [-0.25, -0.2) is 0 Å². The second kappa shape index (κ2) is 44.9. The van der Waals surface area contributed by atoms with Crippen LogP contribution >= 0.6 is 0 Å². The first-order valence-corrected chi connectivity index (χ1v) is 20.8. The number of carbonyl (C=O) groups is 2. The molecule has 8 rings (SSSR count). The predicted molar refractivity (Wildman–Crippen MR) is 258 cm³/mol. The average molecular weight is 1320 g/mol. The van der Waals surface area contributed by atoms with Gasteiger partial charge in [-0.3, -0.25) is 39.9 Å². The van der Waals surface area contributed by atoms with E-state index in [0.717, 1.165) is 13.8 Å². The fourth-order valence-electron chi connectivity index (χ4n) is 5.03. The molecule has 34 heteroatoms. The fourth-order valence-corrected chi connectivity index (χ4v) is 5.03. The summed E-state index contributed by atoms with van der Waals surface area (Å²) in [5.41, 5.74) is 0.361. The number of carbonyl (C=O) groups excluding carboxylic acids is 2. The van der Waals surface area contributed by atoms with Gasteiger partial charge in [-0.05, 0) is 111 Å². The van der Waals surface area contributed by atoms with Gasteiger partial charge in [0.1, 0.15) is 0 Å². The van der Waals surface area contributed by atoms with Gasteiger partial charge in [0.15, 0.2) is 0 Å². The molecule has 0 aliphatic carbocycles. The van der Waals surface area contributed by atoms with E-state index in [9.17, 15) is 40.9 Å². The van der Waals surface area contributed by atoms with Crippen LogP contribution in [0.3, 0.4) is 0 Å². The topological polar surface area (TPSA) is 555 Å². The maximum absolute atomic E-state index is 11.9. The summed E-state index contributed by atoms with van der Waals surface area (Å²) in [6.07, 6.45) is 11.7. The number of aliphatic carboxylic acids is 2. The van der Waals surface area contributed by atoms with E-state index in [1.54, 1.807) is 97.1 Å². The number of aromatic nitrogens is 8. The largest absolute Gasteiger partial charge is 2.00 e. The summed E-state index contributed by atoms with van der Waals surface area (Å²) in [7, 11) is 0. The Bertz CT molecular complexity index is 2310. The first-order valence-electron chi connectivity index (χ1n) is 20.8. The van der Waals surface area contributed by atoms with Gasteiger partial charge in [-0.2, -0.15) is 0 Å². The molecule has 0 unspecified atom stereocenters. The number of carboxylic acids is 2. The Morgan fingerprint density at radius 3 is 0.476 bits per heavy atom. The standard InChI is InChI=1S/4C11H9N2O2.2C2H4O2.4Co.2NO3.2H2O/c4*14-11(15,9-5-1-3-7-12-9)10-6-2-4-8-13-10;2*1-2(3)4;;;;;2*2-1(3)4;;/h4*1-8,14H;2*1H3,(H,3,4);;;;;;;2*1H2/q4*-1;;;4*+2;2*-1;;. The molecule has 0 aliphatic heterocycles. The summed E-state index contributed by atoms with van der Waals surface area (Å²) in [6, 6.07) is 38.4. The molecule has 0 saturated carbocycles. The van der Waals surface area contributed by atoms with E-state index >= 15 is 0 Å². The van der Waals surface area contributed by atoms with Gasteiger partial charge >= 0.3 is 67.1 Å². The van der Waals surface area contributed by atoms with Crippen molar-refractivity contribution in [3.63, 3.8) is 0 Å². The predicted octanol–water partition coefficient (Wildman–Crippen LogP) is -4.70. The minimum Gasteiger partial charge on any atom is -0.819 e. The normalized spacial score (nSPS) is 9.49. The van der Waals surface area contributed by atoms with Crippen molar-refractivity contribution in [2.75, 3.05) is 0 Å². The van der Waals surface area contributed by atoms with Crippen molar-refractivity contribution >= 4 is 11.9 Å². The van der Waals surface area contributed by atoms with Gasteiger partial charge in [0, 0.05) is 61.5 Å². The van der Waals surface area contributed by atoms with E-state index < -0.39 is 45.3 Å². The van der Waals surface area contributed by atoms with Gasteiger partial charge in [0.25, 0.3) is 0 Å². The third-order valence-electron chi connectivity index (χ3n) is 8.10. The van der Waals surface area contributed by atoms with Crippen molar-refractivity contribution in [1.82, 2.24) is 39.9 Å². The minimum absolute atomic E-state index is 0. The summed E-state index contributed by atoms with van der Waals surface area (Å²) in [6.45, 7) is 1.94. The van der Waals surface area contributed by atoms with E-state index in [-0.39, 0.29) is 124 Å². The number of rotatable bonds is 8. The average Bonchev–Trinajstić information content (AvgIpc) is 3.40. The van der Waals surface area contributed by atoms with Crippen LogP contribution in [0.15, 0.2) is 195 Å². The molecule has 0 amide bonds. The molecule has 8 heterocycles. The molecule has 0 aliphatic rings. The van der Waals surface area contributed by atoms with Gasteiger partial charge in [0.05, 0.1) is 78.9 Å². The fraction of sp³-hybridized carbons (Fsp3) is 0.125. The number of aliphatic hydroxyl groups is 4. The first kappa shape index (κ1) is 85.4. The molecule has 0 spiro atoms. The zero-order valence-corrected chi connectivity index (χ0v) is 46.1. The minimum atomic E-state index is -2.39. The van der Waals surface area contributed by atoms with E-state index in [1.165, 1.54) is 98.1 Å². The maximum Gasteiger partial charge on any atom is 2.00 e. The number of hydrogen-bond donors (Lipinski definition) is 4. The number of nitrogens with zero attached hydrogens (tertiary/aromatic N) is 10. The Labute approximate surface area is 506 Å². The van der Waals surface area contributed by atoms with Crippen molar-refractivity contribution in [3.8, 4) is 0 Å². The van der Waals surface area contributed by atoms with Crippen LogP contribution in [-0.4, -0.2) is 82.4 Å². The molecule has 0 saturated heterocycles. The Morgan fingerprint density at radius 1 is 0.329 bits per heavy atom. The van der Waals surface area contributed by atoms with Crippen LogP contribution in [-0.2, 0) is 111 Å². The van der Waals surface area contributed by atoms with E-state index in [4.69, 9.17) is 50.4 Å². The van der Waals surface area contributed by atoms with Gasteiger partial charge in [-0.15, -0.1) is 0 Å². The number of carboxylic acid groups (broad SMARTS) is 2. The Kier molecular flexibility index (Phi) is 46.7. The monoisotopic (exact) mass is 1320 g/mol. The van der Waals surface area contributed by atoms with Gasteiger partial charge in [0.2, 0.25) is 0 Å². The van der Waals surface area contributed by atoms with Crippen molar-refractivity contribution in [2.24, 2.45) is 0 Å². The molecule has 0 fully saturated rings. The van der Waals surface area contributed by atoms with E-state index in [0.29, 0.717) is 0 Å². The molecule has 0 aromatic carbocycles. The van der Waals surface area contributed by atoms with Crippen LogP contribution in [0.2, 0.25) is 0 Å². The Hall–Kier alpha value is -7.83. The molecule has 0 bridgehead atoms. The van der Waals surface area contributed by atoms with Crippen LogP contribution in [0.1, 0.15) is 59.4 Å². The molecule has 8 aromatic rings. The molecular weight excluding hydrogens is 1270 g/mol. The summed E-state index contributed by atoms with van der Waals surface area (Å²) in [5, 5.41) is 134. The van der Waals surface area contributed by atoms with Gasteiger partial charge in [-0.1, -0.05) is 48.5 Å². The van der Waals surface area contributed by atoms with E-state index in [1.807, 2.05) is 0 Å². The second-order valence-electron chi connectivity index (χ2n) is 13.7. The third-order valence-corrected chi connectivity index (χ3v) is 8.10. The molecule has 0 atom stereocenters. The van der Waals surface area contributed by atoms with Gasteiger partial charge < -0.3 is 102 Å². The number of hydrogen-bond acceptors (Lipinski definition) is 26. The summed E-state index contributed by atoms with van der Waals surface area (Å²) < 4.78 is 0. The quantitative estimate of drug-likeness (QED) is 0.0481. The Morgan fingerprint density at radius 2 is 0.415 bits per heavy atom. The maximum atomic E-state index is 11.9. The molecule has 10 N–H and O–H groups in total. The van der Waals surface area contributed by atoms with Crippen LogP contribution in [0, 0.1) is 30.6 Å². The van der Waals surface area contributed by atoms with Crippen molar-refractivity contribution in [2.45, 2.75) is 37.0 Å². The summed E-state index contributed by atoms with van der Waals surface area (Å²) in [5.74, 6) is -11.7. The van der Waals surface area contributed by atoms with Crippen LogP contribution in [0.5, 0.6) is 0 Å². The molecule has 82 heavy (non-hydrogen) atoms. The Balaban J connectivity index is -0.000000211. The second-order valence-corrected chi connectivity index (χ2v) is 13.7. The van der Waals surface area contributed by atoms with Crippen molar-refractivity contribution < 1.29 is 149 Å². The summed E-state index contributed by atoms with van der Waals surface area (Å²) in [4.78, 5) is 64.9. The molecule has 30 nitrogen and oxygen atoms in total. The third kappa shape index (κ3) is 33.7. The smallest absolute Gasteiger partial charge is 0.819 e. The molecule has 8 aromatic heterocycles. The first-order chi connectivity index (χ1) is 35.8. The van der Waals surface area contributed by atoms with Crippen molar-refractivity contribution in [1.29, 1.82) is 0 Å². The zero-order valence-electron chi connectivity index (χ0n) is 41.9. The van der Waals surface area contributed by atoms with Crippen LogP contribution < -0.4 is 30.6 Å². The SMILES string of the molecule is CC(=O)[O-].CC(=O)[O-].O=[N+]([O-])[O-].O=[N+]([O-])[O-].[Co+2].[Co+2].[Co+2].[Co+2].[O-]C(O)(c1ccccn1)c1ccccn1.[O-]C(O)(c1ccccn1)c1ccccn1.[O-]C(O)(c1ccccn1)c1ccccn1.[O-]C(O)(c1ccccn1)c1ccccn1.[OH3+].[OH3+]. The summed E-state index contributed by atoms with van der Waals surface area (Å²) >= 11 is 0.